The molecule has 4 nitrogen and oxygen atoms in total. The Kier molecular flexibility index (Phi) is 3.08. The van der Waals surface area contributed by atoms with Crippen molar-refractivity contribution in [1.29, 1.82) is 0 Å². The zero-order chi connectivity index (χ0) is 8.97. The second kappa shape index (κ2) is 4.09. The van der Waals surface area contributed by atoms with Gasteiger partial charge in [-0.1, -0.05) is 0 Å². The van der Waals surface area contributed by atoms with Crippen LogP contribution in [0.2, 0.25) is 0 Å². The van der Waals surface area contributed by atoms with Crippen molar-refractivity contribution in [1.82, 2.24) is 0 Å². The summed E-state index contributed by atoms with van der Waals surface area (Å²) in [4.78, 5) is 15.2. The van der Waals surface area contributed by atoms with E-state index < -0.39 is 0 Å². The molecule has 1 rings (SSSR count). The van der Waals surface area contributed by atoms with Gasteiger partial charge in [-0.3, -0.25) is 4.99 Å². The third-order valence-electron chi connectivity index (χ3n) is 1.79. The van der Waals surface area contributed by atoms with E-state index in [0.29, 0.717) is 12.4 Å². The summed E-state index contributed by atoms with van der Waals surface area (Å²) in [7, 11) is 0. The average Bonchev–Trinajstić information content (AvgIpc) is 2.05. The Morgan fingerprint density at radius 1 is 1.83 bits per heavy atom. The first kappa shape index (κ1) is 9.03. The van der Waals surface area contributed by atoms with Crippen molar-refractivity contribution in [3.63, 3.8) is 0 Å². The predicted molar refractivity (Wildman–Crippen MR) is 45.9 cm³/mol. The number of amidine groups is 1. The van der Waals surface area contributed by atoms with Crippen LogP contribution < -0.4 is 5.73 Å². The third kappa shape index (κ3) is 2.22. The SMILES string of the molecule is CCOC(=O)C1CCCC(N)=N1. The number of rotatable bonds is 2. The fraction of sp³-hybridized carbons (Fsp3) is 0.750. The highest BCUT2D eigenvalue weighted by atomic mass is 16.5. The Balaban J connectivity index is 2.51. The smallest absolute Gasteiger partial charge is 0.330 e. The number of aliphatic imine (C=N–C) groups is 1. The molecule has 0 saturated heterocycles. The highest BCUT2D eigenvalue weighted by molar-refractivity contribution is 5.86. The molecule has 0 aromatic heterocycles. The van der Waals surface area contributed by atoms with E-state index in [-0.39, 0.29) is 12.0 Å². The van der Waals surface area contributed by atoms with E-state index in [1.807, 2.05) is 0 Å². The molecule has 0 aromatic rings. The fourth-order valence-electron chi connectivity index (χ4n) is 1.21. The molecule has 0 aliphatic carbocycles. The van der Waals surface area contributed by atoms with Gasteiger partial charge in [-0.05, 0) is 19.8 Å². The monoisotopic (exact) mass is 170 g/mol. The van der Waals surface area contributed by atoms with Gasteiger partial charge in [-0.15, -0.1) is 0 Å². The lowest BCUT2D eigenvalue weighted by Crippen LogP contribution is -2.29. The molecule has 0 saturated carbocycles. The fourth-order valence-corrected chi connectivity index (χ4v) is 1.21. The van der Waals surface area contributed by atoms with Crippen LogP contribution in [-0.2, 0) is 9.53 Å². The summed E-state index contributed by atoms with van der Waals surface area (Å²) >= 11 is 0. The van der Waals surface area contributed by atoms with Crippen molar-refractivity contribution in [2.75, 3.05) is 6.61 Å². The average molecular weight is 170 g/mol. The molecule has 0 radical (unpaired) electrons. The van der Waals surface area contributed by atoms with Crippen LogP contribution in [0, 0.1) is 0 Å². The first-order valence-electron chi connectivity index (χ1n) is 4.22. The molecule has 12 heavy (non-hydrogen) atoms. The Bertz CT molecular complexity index is 201. The highest BCUT2D eigenvalue weighted by Gasteiger charge is 2.21. The van der Waals surface area contributed by atoms with E-state index in [2.05, 4.69) is 4.99 Å². The molecule has 0 bridgehead atoms. The zero-order valence-corrected chi connectivity index (χ0v) is 7.25. The van der Waals surface area contributed by atoms with Crippen molar-refractivity contribution in [3.8, 4) is 0 Å². The largest absolute Gasteiger partial charge is 0.464 e. The molecule has 68 valence electrons. The van der Waals surface area contributed by atoms with Crippen LogP contribution in [0.3, 0.4) is 0 Å². The molecule has 0 amide bonds. The quantitative estimate of drug-likeness (QED) is 0.612. The van der Waals surface area contributed by atoms with E-state index in [0.717, 1.165) is 19.3 Å². The Morgan fingerprint density at radius 3 is 3.17 bits per heavy atom. The van der Waals surface area contributed by atoms with Gasteiger partial charge in [0, 0.05) is 6.42 Å². The number of nitrogens with two attached hydrogens (primary N) is 1. The van der Waals surface area contributed by atoms with Crippen LogP contribution in [0.15, 0.2) is 4.99 Å². The van der Waals surface area contributed by atoms with Gasteiger partial charge < -0.3 is 10.5 Å². The van der Waals surface area contributed by atoms with Crippen LogP contribution >= 0.6 is 0 Å². The summed E-state index contributed by atoms with van der Waals surface area (Å²) in [5.41, 5.74) is 5.50. The maximum Gasteiger partial charge on any atom is 0.330 e. The molecule has 0 spiro atoms. The summed E-state index contributed by atoms with van der Waals surface area (Å²) in [6.45, 7) is 2.19. The maximum absolute atomic E-state index is 11.2. The number of carbonyl (C=O) groups is 1. The van der Waals surface area contributed by atoms with Crippen LogP contribution in [0.25, 0.3) is 0 Å². The highest BCUT2D eigenvalue weighted by Crippen LogP contribution is 2.12. The van der Waals surface area contributed by atoms with Crippen molar-refractivity contribution in [2.24, 2.45) is 10.7 Å². The Labute approximate surface area is 71.8 Å². The van der Waals surface area contributed by atoms with Crippen LogP contribution in [0.1, 0.15) is 26.2 Å². The van der Waals surface area contributed by atoms with Gasteiger partial charge in [-0.2, -0.15) is 0 Å². The summed E-state index contributed by atoms with van der Waals surface area (Å²) in [6.07, 6.45) is 2.49. The molecular weight excluding hydrogens is 156 g/mol. The third-order valence-corrected chi connectivity index (χ3v) is 1.79. The molecular formula is C8H14N2O2. The number of ether oxygens (including phenoxy) is 1. The number of carbonyl (C=O) groups excluding carboxylic acids is 1. The van der Waals surface area contributed by atoms with Crippen LogP contribution in [-0.4, -0.2) is 24.5 Å². The molecule has 0 aromatic carbocycles. The molecule has 1 aliphatic rings. The first-order chi connectivity index (χ1) is 5.74. The first-order valence-corrected chi connectivity index (χ1v) is 4.22. The van der Waals surface area contributed by atoms with Gasteiger partial charge in [-0.25, -0.2) is 4.79 Å². The van der Waals surface area contributed by atoms with Gasteiger partial charge in [0.25, 0.3) is 0 Å². The topological polar surface area (TPSA) is 64.7 Å². The zero-order valence-electron chi connectivity index (χ0n) is 7.25. The number of hydrogen-bond donors (Lipinski definition) is 1. The maximum atomic E-state index is 11.2. The lowest BCUT2D eigenvalue weighted by atomic mass is 10.1. The number of hydrogen-bond acceptors (Lipinski definition) is 4. The Morgan fingerprint density at radius 2 is 2.58 bits per heavy atom. The lowest BCUT2D eigenvalue weighted by molar-refractivity contribution is -0.144. The minimum atomic E-state index is -0.348. The van der Waals surface area contributed by atoms with Gasteiger partial charge in [0.2, 0.25) is 0 Å². The summed E-state index contributed by atoms with van der Waals surface area (Å²) in [6, 6.07) is -0.348. The molecule has 1 heterocycles. The van der Waals surface area contributed by atoms with E-state index >= 15 is 0 Å². The number of esters is 1. The molecule has 1 atom stereocenters. The molecule has 2 N–H and O–H groups in total. The van der Waals surface area contributed by atoms with Gasteiger partial charge in [0.1, 0.15) is 6.04 Å². The second-order valence-corrected chi connectivity index (χ2v) is 2.78. The van der Waals surface area contributed by atoms with E-state index in [9.17, 15) is 4.79 Å². The minimum absolute atomic E-state index is 0.250. The van der Waals surface area contributed by atoms with Gasteiger partial charge in [0.05, 0.1) is 12.4 Å². The summed E-state index contributed by atoms with van der Waals surface area (Å²) < 4.78 is 4.83. The van der Waals surface area contributed by atoms with Crippen molar-refractivity contribution in [2.45, 2.75) is 32.2 Å². The van der Waals surface area contributed by atoms with E-state index in [1.54, 1.807) is 6.92 Å². The normalized spacial score (nSPS) is 23.1. The van der Waals surface area contributed by atoms with Gasteiger partial charge >= 0.3 is 5.97 Å². The van der Waals surface area contributed by atoms with Crippen LogP contribution in [0.5, 0.6) is 0 Å². The van der Waals surface area contributed by atoms with Crippen molar-refractivity contribution in [3.05, 3.63) is 0 Å². The second-order valence-electron chi connectivity index (χ2n) is 2.78. The van der Waals surface area contributed by atoms with Crippen molar-refractivity contribution < 1.29 is 9.53 Å². The standard InChI is InChI=1S/C8H14N2O2/c1-2-12-8(11)6-4-3-5-7(9)10-6/h6H,2-5H2,1H3,(H2,9,10). The minimum Gasteiger partial charge on any atom is -0.464 e. The number of nitrogens with zero attached hydrogens (tertiary/aromatic N) is 1. The van der Waals surface area contributed by atoms with Crippen molar-refractivity contribution >= 4 is 11.8 Å². The van der Waals surface area contributed by atoms with E-state index in [1.165, 1.54) is 0 Å². The Hall–Kier alpha value is -1.06. The summed E-state index contributed by atoms with van der Waals surface area (Å²) in [5.74, 6) is 0.319. The van der Waals surface area contributed by atoms with E-state index in [4.69, 9.17) is 10.5 Å². The van der Waals surface area contributed by atoms with Gasteiger partial charge in [0.15, 0.2) is 0 Å². The summed E-state index contributed by atoms with van der Waals surface area (Å²) in [5, 5.41) is 0. The lowest BCUT2D eigenvalue weighted by Gasteiger charge is -2.16. The molecule has 1 unspecified atom stereocenters. The predicted octanol–water partition coefficient (Wildman–Crippen LogP) is 0.459. The van der Waals surface area contributed by atoms with Crippen LogP contribution in [0.4, 0.5) is 0 Å². The molecule has 4 heteroatoms. The molecule has 1 aliphatic heterocycles. The molecule has 0 fully saturated rings.